The number of allylic oxidation sites excluding steroid dienone is 1. The van der Waals surface area contributed by atoms with E-state index in [1.807, 2.05) is 0 Å². The second-order valence-corrected chi connectivity index (χ2v) is 4.60. The highest BCUT2D eigenvalue weighted by molar-refractivity contribution is 6.16. The highest BCUT2D eigenvalue weighted by Crippen LogP contribution is 2.42. The van der Waals surface area contributed by atoms with Gasteiger partial charge >= 0.3 is 0 Å². The Morgan fingerprint density at radius 3 is 2.68 bits per heavy atom. The topological polar surface area (TPSA) is 110 Å². The van der Waals surface area contributed by atoms with Crippen molar-refractivity contribution < 1.29 is 24.7 Å². The number of phenols is 2. The number of carbonyl (C=O) groups excluding carboxylic acids is 1. The highest BCUT2D eigenvalue weighted by atomic mass is 16.6. The largest absolute Gasteiger partial charge is 0.504 e. The van der Waals surface area contributed by atoms with Gasteiger partial charge in [0.05, 0.1) is 4.92 Å². The number of ketones is 1. The summed E-state index contributed by atoms with van der Waals surface area (Å²) in [7, 11) is 0. The minimum atomic E-state index is -0.602. The lowest BCUT2D eigenvalue weighted by Crippen LogP contribution is -1.98. The summed E-state index contributed by atoms with van der Waals surface area (Å²) in [4.78, 5) is 22.4. The fraction of sp³-hybridized carbons (Fsp3) is 0. The third kappa shape index (κ3) is 2.14. The van der Waals surface area contributed by atoms with E-state index >= 15 is 0 Å². The minimum Gasteiger partial charge on any atom is -0.504 e. The van der Waals surface area contributed by atoms with Crippen LogP contribution in [0.25, 0.3) is 6.08 Å². The normalized spacial score (nSPS) is 14.7. The van der Waals surface area contributed by atoms with E-state index in [1.54, 1.807) is 6.07 Å². The van der Waals surface area contributed by atoms with Gasteiger partial charge < -0.3 is 14.9 Å². The molecule has 0 radical (unpaired) electrons. The Labute approximate surface area is 123 Å². The van der Waals surface area contributed by atoms with E-state index in [4.69, 9.17) is 4.74 Å². The van der Waals surface area contributed by atoms with Gasteiger partial charge in [-0.3, -0.25) is 14.9 Å². The van der Waals surface area contributed by atoms with Crippen LogP contribution >= 0.6 is 0 Å². The molecule has 0 unspecified atom stereocenters. The Morgan fingerprint density at radius 1 is 1.18 bits per heavy atom. The molecule has 0 saturated carbocycles. The van der Waals surface area contributed by atoms with Gasteiger partial charge in [-0.15, -0.1) is 0 Å². The number of nitro groups is 1. The molecular weight excluding hydrogens is 290 g/mol. The summed E-state index contributed by atoms with van der Waals surface area (Å²) in [5.41, 5.74) is 0.170. The predicted octanol–water partition coefficient (Wildman–Crippen LogP) is 2.62. The number of phenolic OH excluding ortho intramolecular Hbond substituents is 2. The maximum atomic E-state index is 12.2. The Bertz CT molecular complexity index is 840. The maximum Gasteiger partial charge on any atom is 0.270 e. The highest BCUT2D eigenvalue weighted by Gasteiger charge is 2.32. The molecule has 1 aliphatic heterocycles. The van der Waals surface area contributed by atoms with Crippen molar-refractivity contribution in [3.8, 4) is 17.2 Å². The van der Waals surface area contributed by atoms with Crippen molar-refractivity contribution >= 4 is 17.5 Å². The van der Waals surface area contributed by atoms with Gasteiger partial charge in [0.25, 0.3) is 5.69 Å². The summed E-state index contributed by atoms with van der Waals surface area (Å²) < 4.78 is 5.33. The molecule has 2 aromatic carbocycles. The van der Waals surface area contributed by atoms with E-state index in [0.29, 0.717) is 5.56 Å². The number of nitrogens with zero attached hydrogens (tertiary/aromatic N) is 1. The molecule has 0 saturated heterocycles. The molecule has 0 fully saturated rings. The van der Waals surface area contributed by atoms with E-state index in [-0.39, 0.29) is 22.8 Å². The first-order valence-electron chi connectivity index (χ1n) is 6.21. The Kier molecular flexibility index (Phi) is 3.03. The van der Waals surface area contributed by atoms with E-state index < -0.39 is 22.2 Å². The molecule has 7 nitrogen and oxygen atoms in total. The van der Waals surface area contributed by atoms with E-state index in [0.717, 1.165) is 0 Å². The van der Waals surface area contributed by atoms with Crippen LogP contribution in [0.1, 0.15) is 15.9 Å². The van der Waals surface area contributed by atoms with Gasteiger partial charge in [0.15, 0.2) is 17.3 Å². The number of fused-ring (bicyclic) bond motifs is 1. The zero-order valence-electron chi connectivity index (χ0n) is 11.0. The molecule has 110 valence electrons. The van der Waals surface area contributed by atoms with Crippen LogP contribution in [0.5, 0.6) is 17.2 Å². The third-order valence-electron chi connectivity index (χ3n) is 3.17. The molecule has 0 amide bonds. The van der Waals surface area contributed by atoms with Crippen molar-refractivity contribution in [2.75, 3.05) is 0 Å². The molecule has 2 aromatic rings. The lowest BCUT2D eigenvalue weighted by Gasteiger charge is -2.00. The van der Waals surface area contributed by atoms with Gasteiger partial charge in [0.2, 0.25) is 5.78 Å². The molecule has 0 bridgehead atoms. The predicted molar refractivity (Wildman–Crippen MR) is 75.8 cm³/mol. The zero-order chi connectivity index (χ0) is 15.9. The molecule has 22 heavy (non-hydrogen) atoms. The van der Waals surface area contributed by atoms with Gasteiger partial charge in [-0.2, -0.15) is 0 Å². The van der Waals surface area contributed by atoms with Crippen LogP contribution in [0.15, 0.2) is 42.2 Å². The monoisotopic (exact) mass is 299 g/mol. The molecule has 1 aliphatic rings. The first-order valence-corrected chi connectivity index (χ1v) is 6.21. The molecule has 0 aliphatic carbocycles. The van der Waals surface area contributed by atoms with Gasteiger partial charge in [-0.25, -0.2) is 0 Å². The third-order valence-corrected chi connectivity index (χ3v) is 3.17. The van der Waals surface area contributed by atoms with Gasteiger partial charge in [-0.1, -0.05) is 12.1 Å². The van der Waals surface area contributed by atoms with Gasteiger partial charge in [0, 0.05) is 12.1 Å². The zero-order valence-corrected chi connectivity index (χ0v) is 11.0. The number of non-ortho nitro benzene ring substituents is 1. The molecule has 3 rings (SSSR count). The maximum absolute atomic E-state index is 12.2. The summed E-state index contributed by atoms with van der Waals surface area (Å²) in [5.74, 6) is -1.54. The number of hydrogen-bond acceptors (Lipinski definition) is 6. The fourth-order valence-corrected chi connectivity index (χ4v) is 2.13. The molecule has 0 atom stereocenters. The van der Waals surface area contributed by atoms with Gasteiger partial charge in [0.1, 0.15) is 11.3 Å². The second kappa shape index (κ2) is 4.88. The first kappa shape index (κ1) is 13.6. The minimum absolute atomic E-state index is 0.0867. The summed E-state index contributed by atoms with van der Waals surface area (Å²) in [6, 6.07) is 8.26. The standard InChI is InChI=1S/C15H9NO6/c17-10-4-5-11-13(14(10)18)15(19)12(22-11)7-8-2-1-3-9(6-8)16(20)21/h1-7,17-18H/b12-7-. The fourth-order valence-electron chi connectivity index (χ4n) is 2.13. The molecule has 7 heteroatoms. The number of carbonyl (C=O) groups is 1. The Hall–Kier alpha value is -3.35. The number of benzene rings is 2. The van der Waals surface area contributed by atoms with Crippen molar-refractivity contribution in [1.82, 2.24) is 0 Å². The SMILES string of the molecule is O=C1/C(=C/c2cccc([N+](=O)[O-])c2)Oc2ccc(O)c(O)c21. The number of nitro benzene ring substituents is 1. The summed E-state index contributed by atoms with van der Waals surface area (Å²) in [6.45, 7) is 0. The molecule has 0 aromatic heterocycles. The van der Waals surface area contributed by atoms with E-state index in [1.165, 1.54) is 36.4 Å². The van der Waals surface area contributed by atoms with Crippen molar-refractivity contribution in [2.24, 2.45) is 0 Å². The molecule has 0 spiro atoms. The van der Waals surface area contributed by atoms with Crippen LogP contribution in [0.4, 0.5) is 5.69 Å². The average Bonchev–Trinajstić information content (AvgIpc) is 2.80. The smallest absolute Gasteiger partial charge is 0.270 e. The number of ether oxygens (including phenoxy) is 1. The van der Waals surface area contributed by atoms with E-state index in [9.17, 15) is 25.1 Å². The second-order valence-electron chi connectivity index (χ2n) is 4.60. The first-order chi connectivity index (χ1) is 10.5. The van der Waals surface area contributed by atoms with Crippen LogP contribution in [-0.2, 0) is 0 Å². The molecule has 1 heterocycles. The number of hydrogen-bond donors (Lipinski definition) is 2. The number of Topliss-reactive ketones (excluding diaryl/α,β-unsaturated/α-hetero) is 1. The number of rotatable bonds is 2. The van der Waals surface area contributed by atoms with Crippen LogP contribution < -0.4 is 4.74 Å². The Balaban J connectivity index is 2.01. The van der Waals surface area contributed by atoms with Crippen LogP contribution in [0, 0.1) is 10.1 Å². The summed E-state index contributed by atoms with van der Waals surface area (Å²) in [6.07, 6.45) is 1.34. The Morgan fingerprint density at radius 2 is 1.95 bits per heavy atom. The molecule has 2 N–H and O–H groups in total. The van der Waals surface area contributed by atoms with Crippen LogP contribution in [-0.4, -0.2) is 20.9 Å². The number of aromatic hydroxyl groups is 2. The van der Waals surface area contributed by atoms with Crippen molar-refractivity contribution in [1.29, 1.82) is 0 Å². The lowest BCUT2D eigenvalue weighted by molar-refractivity contribution is -0.384. The summed E-state index contributed by atoms with van der Waals surface area (Å²) in [5, 5.41) is 29.9. The van der Waals surface area contributed by atoms with Crippen molar-refractivity contribution in [3.63, 3.8) is 0 Å². The van der Waals surface area contributed by atoms with Crippen LogP contribution in [0.3, 0.4) is 0 Å². The average molecular weight is 299 g/mol. The summed E-state index contributed by atoms with van der Waals surface area (Å²) >= 11 is 0. The lowest BCUT2D eigenvalue weighted by atomic mass is 10.1. The van der Waals surface area contributed by atoms with E-state index in [2.05, 4.69) is 0 Å². The van der Waals surface area contributed by atoms with Crippen LogP contribution in [0.2, 0.25) is 0 Å². The quantitative estimate of drug-likeness (QED) is 0.382. The van der Waals surface area contributed by atoms with Gasteiger partial charge in [-0.05, 0) is 23.8 Å². The van der Waals surface area contributed by atoms with Crippen molar-refractivity contribution in [3.05, 3.63) is 63.4 Å². The van der Waals surface area contributed by atoms with Crippen molar-refractivity contribution in [2.45, 2.75) is 0 Å². The molecular formula is C15H9NO6.